The van der Waals surface area contributed by atoms with Crippen LogP contribution in [0.15, 0.2) is 24.5 Å². The molecule has 0 N–H and O–H groups in total. The van der Waals surface area contributed by atoms with E-state index in [0.717, 1.165) is 13.0 Å². The quantitative estimate of drug-likeness (QED) is 0.670. The molecule has 1 aliphatic heterocycles. The number of likely N-dealkylation sites (tertiary alicyclic amines) is 1. The van der Waals surface area contributed by atoms with Gasteiger partial charge >= 0.3 is 0 Å². The Kier molecular flexibility index (Phi) is 2.47. The SMILES string of the molecule is CN1C[C@H](C#N)C[C@H]1c1cccnc1. The molecular formula is C11H13N3. The highest BCUT2D eigenvalue weighted by atomic mass is 15.2. The lowest BCUT2D eigenvalue weighted by molar-refractivity contribution is 0.315. The van der Waals surface area contributed by atoms with Crippen LogP contribution in [-0.2, 0) is 0 Å². The zero-order valence-electron chi connectivity index (χ0n) is 8.22. The summed E-state index contributed by atoms with van der Waals surface area (Å²) in [6.45, 7) is 0.871. The van der Waals surface area contributed by atoms with Crippen LogP contribution in [0.2, 0.25) is 0 Å². The molecule has 2 rings (SSSR count). The average molecular weight is 187 g/mol. The van der Waals surface area contributed by atoms with Crippen molar-refractivity contribution in [2.75, 3.05) is 13.6 Å². The molecule has 3 heteroatoms. The maximum atomic E-state index is 8.86. The Morgan fingerprint density at radius 3 is 3.07 bits per heavy atom. The second-order valence-corrected chi connectivity index (χ2v) is 3.80. The van der Waals surface area contributed by atoms with Gasteiger partial charge in [-0.3, -0.25) is 9.88 Å². The van der Waals surface area contributed by atoms with E-state index in [-0.39, 0.29) is 5.92 Å². The maximum absolute atomic E-state index is 8.86. The van der Waals surface area contributed by atoms with Crippen molar-refractivity contribution in [3.63, 3.8) is 0 Å². The fourth-order valence-corrected chi connectivity index (χ4v) is 2.06. The highest BCUT2D eigenvalue weighted by Gasteiger charge is 2.30. The van der Waals surface area contributed by atoms with E-state index in [9.17, 15) is 0 Å². The minimum Gasteiger partial charge on any atom is -0.298 e. The predicted molar refractivity (Wildman–Crippen MR) is 53.3 cm³/mol. The van der Waals surface area contributed by atoms with Crippen LogP contribution in [-0.4, -0.2) is 23.5 Å². The molecule has 2 heterocycles. The third kappa shape index (κ3) is 1.61. The Balaban J connectivity index is 2.18. The summed E-state index contributed by atoms with van der Waals surface area (Å²) in [7, 11) is 2.06. The van der Waals surface area contributed by atoms with Gasteiger partial charge in [-0.05, 0) is 25.1 Å². The Labute approximate surface area is 84.0 Å². The van der Waals surface area contributed by atoms with Crippen molar-refractivity contribution in [1.82, 2.24) is 9.88 Å². The summed E-state index contributed by atoms with van der Waals surface area (Å²) in [6.07, 6.45) is 4.60. The maximum Gasteiger partial charge on any atom is 0.0670 e. The van der Waals surface area contributed by atoms with E-state index in [1.54, 1.807) is 6.20 Å². The van der Waals surface area contributed by atoms with Crippen molar-refractivity contribution in [3.05, 3.63) is 30.1 Å². The Hall–Kier alpha value is -1.40. The van der Waals surface area contributed by atoms with Crippen molar-refractivity contribution < 1.29 is 0 Å². The van der Waals surface area contributed by atoms with Crippen LogP contribution in [0, 0.1) is 17.2 Å². The van der Waals surface area contributed by atoms with Crippen LogP contribution in [0.25, 0.3) is 0 Å². The summed E-state index contributed by atoms with van der Waals surface area (Å²) in [4.78, 5) is 6.33. The lowest BCUT2D eigenvalue weighted by Crippen LogP contribution is -2.18. The topological polar surface area (TPSA) is 39.9 Å². The molecule has 0 amide bonds. The molecule has 1 aromatic rings. The van der Waals surface area contributed by atoms with Gasteiger partial charge in [0.25, 0.3) is 0 Å². The van der Waals surface area contributed by atoms with Crippen molar-refractivity contribution >= 4 is 0 Å². The van der Waals surface area contributed by atoms with Crippen LogP contribution in [0.1, 0.15) is 18.0 Å². The number of aromatic nitrogens is 1. The van der Waals surface area contributed by atoms with Gasteiger partial charge in [0.1, 0.15) is 0 Å². The zero-order valence-corrected chi connectivity index (χ0v) is 8.22. The van der Waals surface area contributed by atoms with Gasteiger partial charge in [-0.1, -0.05) is 6.07 Å². The Bertz CT molecular complexity index is 341. The molecule has 0 aromatic carbocycles. The smallest absolute Gasteiger partial charge is 0.0670 e. The molecule has 0 unspecified atom stereocenters. The molecule has 1 aliphatic rings. The van der Waals surface area contributed by atoms with Crippen molar-refractivity contribution in [2.24, 2.45) is 5.92 Å². The lowest BCUT2D eigenvalue weighted by Gasteiger charge is -2.18. The first kappa shape index (κ1) is 9.17. The molecule has 0 radical (unpaired) electrons. The number of rotatable bonds is 1. The lowest BCUT2D eigenvalue weighted by atomic mass is 10.0. The largest absolute Gasteiger partial charge is 0.298 e. The third-order valence-corrected chi connectivity index (χ3v) is 2.80. The van der Waals surface area contributed by atoms with E-state index in [2.05, 4.69) is 29.1 Å². The molecule has 0 bridgehead atoms. The minimum absolute atomic E-state index is 0.171. The normalized spacial score (nSPS) is 27.4. The summed E-state index contributed by atoms with van der Waals surface area (Å²) in [6, 6.07) is 6.73. The van der Waals surface area contributed by atoms with Gasteiger partial charge in [0.15, 0.2) is 0 Å². The van der Waals surface area contributed by atoms with E-state index >= 15 is 0 Å². The van der Waals surface area contributed by atoms with Gasteiger partial charge in [-0.15, -0.1) is 0 Å². The molecule has 2 atom stereocenters. The van der Waals surface area contributed by atoms with E-state index in [1.807, 2.05) is 12.3 Å². The van der Waals surface area contributed by atoms with Gasteiger partial charge in [-0.2, -0.15) is 5.26 Å². The number of hydrogen-bond donors (Lipinski definition) is 0. The van der Waals surface area contributed by atoms with Crippen LogP contribution in [0.3, 0.4) is 0 Å². The van der Waals surface area contributed by atoms with Crippen LogP contribution in [0.4, 0.5) is 0 Å². The van der Waals surface area contributed by atoms with E-state index in [4.69, 9.17) is 5.26 Å². The van der Waals surface area contributed by atoms with Crippen LogP contribution >= 0.6 is 0 Å². The first-order chi connectivity index (χ1) is 6.81. The summed E-state index contributed by atoms with van der Waals surface area (Å²) >= 11 is 0. The van der Waals surface area contributed by atoms with E-state index in [1.165, 1.54) is 5.56 Å². The molecule has 0 spiro atoms. The van der Waals surface area contributed by atoms with Crippen molar-refractivity contribution in [2.45, 2.75) is 12.5 Å². The van der Waals surface area contributed by atoms with E-state index in [0.29, 0.717) is 6.04 Å². The van der Waals surface area contributed by atoms with Crippen molar-refractivity contribution in [3.8, 4) is 6.07 Å². The molecular weight excluding hydrogens is 174 g/mol. The minimum atomic E-state index is 0.171. The number of nitriles is 1. The van der Waals surface area contributed by atoms with Crippen LogP contribution < -0.4 is 0 Å². The number of pyridine rings is 1. The van der Waals surface area contributed by atoms with E-state index < -0.39 is 0 Å². The summed E-state index contributed by atoms with van der Waals surface area (Å²) in [5, 5.41) is 8.86. The van der Waals surface area contributed by atoms with Gasteiger partial charge in [-0.25, -0.2) is 0 Å². The average Bonchev–Trinajstić information content (AvgIpc) is 2.61. The molecule has 0 aliphatic carbocycles. The summed E-state index contributed by atoms with van der Waals surface area (Å²) in [5.41, 5.74) is 1.22. The van der Waals surface area contributed by atoms with Crippen LogP contribution in [0.5, 0.6) is 0 Å². The van der Waals surface area contributed by atoms with Gasteiger partial charge in [0, 0.05) is 25.0 Å². The van der Waals surface area contributed by atoms with Gasteiger partial charge in [0.2, 0.25) is 0 Å². The number of hydrogen-bond acceptors (Lipinski definition) is 3. The molecule has 14 heavy (non-hydrogen) atoms. The second-order valence-electron chi connectivity index (χ2n) is 3.80. The summed E-state index contributed by atoms with van der Waals surface area (Å²) in [5.74, 6) is 0.171. The molecule has 0 saturated carbocycles. The molecule has 1 fully saturated rings. The zero-order chi connectivity index (χ0) is 9.97. The predicted octanol–water partition coefficient (Wildman–Crippen LogP) is 1.60. The second kappa shape index (κ2) is 3.77. The highest BCUT2D eigenvalue weighted by Crippen LogP contribution is 2.32. The Morgan fingerprint density at radius 1 is 1.64 bits per heavy atom. The van der Waals surface area contributed by atoms with Gasteiger partial charge < -0.3 is 0 Å². The molecule has 72 valence electrons. The van der Waals surface area contributed by atoms with Crippen molar-refractivity contribution in [1.29, 1.82) is 5.26 Å². The molecule has 3 nitrogen and oxygen atoms in total. The standard InChI is InChI=1S/C11H13N3/c1-14-8-9(6-12)5-11(14)10-3-2-4-13-7-10/h2-4,7,9,11H,5,8H2,1H3/t9-,11-/m0/s1. The molecule has 1 saturated heterocycles. The highest BCUT2D eigenvalue weighted by molar-refractivity contribution is 5.16. The Morgan fingerprint density at radius 2 is 2.50 bits per heavy atom. The fourth-order valence-electron chi connectivity index (χ4n) is 2.06. The van der Waals surface area contributed by atoms with Gasteiger partial charge in [0.05, 0.1) is 12.0 Å². The first-order valence-corrected chi connectivity index (χ1v) is 4.81. The molecule has 1 aromatic heterocycles. The fraction of sp³-hybridized carbons (Fsp3) is 0.455. The third-order valence-electron chi connectivity index (χ3n) is 2.80. The first-order valence-electron chi connectivity index (χ1n) is 4.81. The number of nitrogens with zero attached hydrogens (tertiary/aromatic N) is 3. The summed E-state index contributed by atoms with van der Waals surface area (Å²) < 4.78 is 0. The monoisotopic (exact) mass is 187 g/mol.